The van der Waals surface area contributed by atoms with Crippen LogP contribution in [0.15, 0.2) is 30.3 Å². The van der Waals surface area contributed by atoms with Crippen LogP contribution in [0, 0.1) is 17.8 Å². The second-order valence-corrected chi connectivity index (χ2v) is 14.9. The number of carbonyl (C=O) groups excluding carboxylic acids is 1. The van der Waals surface area contributed by atoms with Crippen molar-refractivity contribution < 1.29 is 14.1 Å². The van der Waals surface area contributed by atoms with Crippen LogP contribution in [0.1, 0.15) is 92.5 Å². The lowest BCUT2D eigenvalue weighted by Crippen LogP contribution is -2.47. The van der Waals surface area contributed by atoms with E-state index in [2.05, 4.69) is 29.9 Å². The number of aliphatic hydroxyl groups is 1. The fraction of sp³-hybridized carbons (Fsp3) is 0.576. The fourth-order valence-corrected chi connectivity index (χ4v) is 7.63. The normalized spacial score (nSPS) is 21.0. The highest BCUT2D eigenvalue weighted by Crippen LogP contribution is 2.44. The van der Waals surface area contributed by atoms with Gasteiger partial charge in [-0.1, -0.05) is 36.8 Å². The number of nitrogens with zero attached hydrogens (tertiary/aromatic N) is 4. The Balaban J connectivity index is 1.56. The zero-order chi connectivity index (χ0) is 29.1. The minimum absolute atomic E-state index is 0.0317. The Hall–Kier alpha value is -2.57. The third-order valence-electron chi connectivity index (χ3n) is 8.53. The summed E-state index contributed by atoms with van der Waals surface area (Å²) in [6, 6.07) is 9.75. The van der Waals surface area contributed by atoms with E-state index < -0.39 is 15.7 Å². The van der Waals surface area contributed by atoms with Gasteiger partial charge in [0.15, 0.2) is 0 Å². The molecule has 2 aliphatic heterocycles. The smallest absolute Gasteiger partial charge is 0.272 e. The molecule has 2 atom stereocenters. The van der Waals surface area contributed by atoms with Crippen molar-refractivity contribution in [2.75, 3.05) is 39.8 Å². The topological polar surface area (TPSA) is 77.0 Å². The Morgan fingerprint density at radius 1 is 1.12 bits per heavy atom. The first-order valence-electron chi connectivity index (χ1n) is 15.1. The molecule has 3 heterocycles. The molecule has 1 N–H and O–H groups in total. The van der Waals surface area contributed by atoms with E-state index in [4.69, 9.17) is 4.98 Å². The number of carbonyl (C=O) groups is 1. The van der Waals surface area contributed by atoms with Gasteiger partial charge in [0, 0.05) is 62.4 Å². The SMILES string of the molecule is CN1CCN(C(=O)c2cc3c(c(-c4cccc(C#CCC5CCCC5)c4)n2)[C@H](CCO)N([S@@](=O)C(C)(C)C)C3)CC1. The molecule has 3 aliphatic rings. The fourth-order valence-electron chi connectivity index (χ4n) is 6.23. The van der Waals surface area contributed by atoms with Gasteiger partial charge in [0.2, 0.25) is 0 Å². The van der Waals surface area contributed by atoms with Gasteiger partial charge in [-0.05, 0) is 76.8 Å². The van der Waals surface area contributed by atoms with Crippen molar-refractivity contribution in [2.24, 2.45) is 5.92 Å². The van der Waals surface area contributed by atoms with E-state index in [0.29, 0.717) is 37.7 Å². The molecule has 8 heteroatoms. The molecule has 220 valence electrons. The first-order valence-corrected chi connectivity index (χ1v) is 16.2. The van der Waals surface area contributed by atoms with Gasteiger partial charge in [-0.15, -0.1) is 0 Å². The lowest BCUT2D eigenvalue weighted by atomic mass is 9.95. The van der Waals surface area contributed by atoms with E-state index in [1.54, 1.807) is 0 Å². The predicted octanol–water partition coefficient (Wildman–Crippen LogP) is 4.77. The van der Waals surface area contributed by atoms with Crippen molar-refractivity contribution in [3.63, 3.8) is 0 Å². The third kappa shape index (κ3) is 6.75. The molecule has 1 aromatic carbocycles. The van der Waals surface area contributed by atoms with Crippen molar-refractivity contribution in [1.29, 1.82) is 0 Å². The van der Waals surface area contributed by atoms with E-state index in [0.717, 1.165) is 47.5 Å². The molecule has 1 saturated carbocycles. The number of amides is 1. The summed E-state index contributed by atoms with van der Waals surface area (Å²) in [4.78, 5) is 22.8. The van der Waals surface area contributed by atoms with Crippen LogP contribution in [0.5, 0.6) is 0 Å². The van der Waals surface area contributed by atoms with Crippen molar-refractivity contribution in [3.8, 4) is 23.1 Å². The highest BCUT2D eigenvalue weighted by molar-refractivity contribution is 7.84. The van der Waals surface area contributed by atoms with Gasteiger partial charge in [-0.25, -0.2) is 13.5 Å². The second kappa shape index (κ2) is 12.7. The molecule has 1 saturated heterocycles. The van der Waals surface area contributed by atoms with Gasteiger partial charge in [0.1, 0.15) is 16.7 Å². The Kier molecular flexibility index (Phi) is 9.30. The highest BCUT2D eigenvalue weighted by Gasteiger charge is 2.40. The number of hydrogen-bond acceptors (Lipinski definition) is 5. The number of pyridine rings is 1. The molecule has 7 nitrogen and oxygen atoms in total. The average Bonchev–Trinajstić information content (AvgIpc) is 3.60. The summed E-state index contributed by atoms with van der Waals surface area (Å²) >= 11 is 0. The largest absolute Gasteiger partial charge is 0.396 e. The first kappa shape index (κ1) is 29.9. The van der Waals surface area contributed by atoms with E-state index in [1.165, 1.54) is 25.7 Å². The van der Waals surface area contributed by atoms with Crippen molar-refractivity contribution in [2.45, 2.75) is 76.6 Å². The molecular weight excluding hydrogens is 532 g/mol. The molecule has 2 fully saturated rings. The molecule has 1 amide bonds. The highest BCUT2D eigenvalue weighted by atomic mass is 32.2. The van der Waals surface area contributed by atoms with Crippen molar-refractivity contribution in [1.82, 2.24) is 19.1 Å². The number of fused-ring (bicyclic) bond motifs is 1. The monoisotopic (exact) mass is 576 g/mol. The molecule has 0 bridgehead atoms. The van der Waals surface area contributed by atoms with Crippen LogP contribution in [-0.2, 0) is 17.5 Å². The molecule has 5 rings (SSSR count). The Bertz CT molecular complexity index is 1340. The summed E-state index contributed by atoms with van der Waals surface area (Å²) in [6.07, 6.45) is 6.55. The molecule has 41 heavy (non-hydrogen) atoms. The summed E-state index contributed by atoms with van der Waals surface area (Å²) in [5.74, 6) is 7.42. The van der Waals surface area contributed by atoms with Gasteiger partial charge in [-0.2, -0.15) is 0 Å². The lowest BCUT2D eigenvalue weighted by molar-refractivity contribution is 0.0658. The second-order valence-electron chi connectivity index (χ2n) is 12.7. The maximum atomic E-state index is 13.7. The summed E-state index contributed by atoms with van der Waals surface area (Å²) in [5.41, 5.74) is 4.90. The maximum Gasteiger partial charge on any atom is 0.272 e. The number of rotatable bonds is 6. The van der Waals surface area contributed by atoms with Crippen LogP contribution >= 0.6 is 0 Å². The number of benzene rings is 1. The number of aromatic nitrogens is 1. The van der Waals surface area contributed by atoms with Crippen LogP contribution in [0.25, 0.3) is 11.3 Å². The molecule has 0 unspecified atom stereocenters. The van der Waals surface area contributed by atoms with E-state index >= 15 is 0 Å². The minimum Gasteiger partial charge on any atom is -0.396 e. The van der Waals surface area contributed by atoms with Crippen LogP contribution in [-0.4, -0.2) is 78.9 Å². The predicted molar refractivity (Wildman–Crippen MR) is 164 cm³/mol. The quantitative estimate of drug-likeness (QED) is 0.502. The van der Waals surface area contributed by atoms with Crippen LogP contribution in [0.2, 0.25) is 0 Å². The standard InChI is InChI=1S/C33H44N4O3S/c1-33(2,3)41(40)37-23-27-22-28(32(39)36-18-16-35(4)17-19-36)34-31(30(27)29(37)15-20-38)26-14-8-13-25(21-26)12-7-11-24-9-5-6-10-24/h8,13-14,21-22,24,29,38H,5-6,9-11,15-20,23H2,1-4H3/t29-,41-/m0/s1. The zero-order valence-electron chi connectivity index (χ0n) is 25.0. The molecule has 1 aliphatic carbocycles. The third-order valence-corrected chi connectivity index (χ3v) is 10.4. The van der Waals surface area contributed by atoms with Gasteiger partial charge in [-0.3, -0.25) is 4.79 Å². The lowest BCUT2D eigenvalue weighted by Gasteiger charge is -2.32. The van der Waals surface area contributed by atoms with E-state index in [-0.39, 0.29) is 18.6 Å². The number of aliphatic hydroxyl groups excluding tert-OH is 1. The molecule has 0 radical (unpaired) electrons. The maximum absolute atomic E-state index is 13.7. The van der Waals surface area contributed by atoms with Gasteiger partial charge >= 0.3 is 0 Å². The summed E-state index contributed by atoms with van der Waals surface area (Å²) in [5, 5.41) is 10.1. The number of piperazine rings is 1. The summed E-state index contributed by atoms with van der Waals surface area (Å²) in [7, 11) is 0.772. The van der Waals surface area contributed by atoms with Crippen LogP contribution in [0.4, 0.5) is 0 Å². The average molecular weight is 577 g/mol. The molecule has 1 aromatic heterocycles. The van der Waals surface area contributed by atoms with Crippen LogP contribution < -0.4 is 0 Å². The summed E-state index contributed by atoms with van der Waals surface area (Å²) < 4.78 is 15.2. The minimum atomic E-state index is -1.30. The zero-order valence-corrected chi connectivity index (χ0v) is 25.8. The first-order chi connectivity index (χ1) is 19.7. The summed E-state index contributed by atoms with van der Waals surface area (Å²) in [6.45, 7) is 9.33. The van der Waals surface area contributed by atoms with Crippen molar-refractivity contribution in [3.05, 3.63) is 52.7 Å². The Labute approximate surface area is 247 Å². The Morgan fingerprint density at radius 2 is 1.85 bits per heavy atom. The number of likely N-dealkylation sites (N-methyl/N-ethyl adjacent to an activating group) is 1. The van der Waals surface area contributed by atoms with Gasteiger partial charge in [0.25, 0.3) is 5.91 Å². The molecule has 2 aromatic rings. The Morgan fingerprint density at radius 3 is 2.54 bits per heavy atom. The van der Waals surface area contributed by atoms with E-state index in [1.807, 2.05) is 54.2 Å². The van der Waals surface area contributed by atoms with Gasteiger partial charge < -0.3 is 14.9 Å². The van der Waals surface area contributed by atoms with Crippen LogP contribution in [0.3, 0.4) is 0 Å². The van der Waals surface area contributed by atoms with E-state index in [9.17, 15) is 14.1 Å². The van der Waals surface area contributed by atoms with Gasteiger partial charge in [0.05, 0.1) is 16.5 Å². The van der Waals surface area contributed by atoms with Crippen molar-refractivity contribution >= 4 is 16.9 Å². The molecular formula is C33H44N4O3S. The number of hydrogen-bond donors (Lipinski definition) is 1. The molecule has 0 spiro atoms.